The number of carbonyl (C=O) groups is 2. The molecule has 0 radical (unpaired) electrons. The van der Waals surface area contributed by atoms with Gasteiger partial charge in [-0.1, -0.05) is 20.3 Å². The molecule has 0 saturated carbocycles. The van der Waals surface area contributed by atoms with Crippen LogP contribution in [-0.4, -0.2) is 23.0 Å². The highest BCUT2D eigenvalue weighted by molar-refractivity contribution is 6.10. The Morgan fingerprint density at radius 3 is 2.63 bits per heavy atom. The van der Waals surface area contributed by atoms with E-state index in [1.54, 1.807) is 29.9 Å². The lowest BCUT2D eigenvalue weighted by Gasteiger charge is -2.13. The Labute approximate surface area is 158 Å². The third kappa shape index (κ3) is 4.47. The van der Waals surface area contributed by atoms with Crippen LogP contribution in [-0.2, 0) is 13.5 Å². The van der Waals surface area contributed by atoms with Crippen molar-refractivity contribution in [3.8, 4) is 11.8 Å². The lowest BCUT2D eigenvalue weighted by molar-refractivity contribution is 0.0993. The predicted octanol–water partition coefficient (Wildman–Crippen LogP) is 2.99. The van der Waals surface area contributed by atoms with E-state index in [0.29, 0.717) is 30.0 Å². The summed E-state index contributed by atoms with van der Waals surface area (Å²) in [7, 11) is 1.71. The molecular weight excluding hydrogens is 344 g/mol. The molecular formula is C20H24N4O3. The molecule has 0 fully saturated rings. The van der Waals surface area contributed by atoms with Crippen LogP contribution >= 0.6 is 0 Å². The Morgan fingerprint density at radius 2 is 2.04 bits per heavy atom. The maximum atomic E-state index is 12.9. The summed E-state index contributed by atoms with van der Waals surface area (Å²) < 4.78 is 7.25. The number of nitrogens with zero attached hydrogens (tertiary/aromatic N) is 2. The third-order valence-corrected chi connectivity index (χ3v) is 4.07. The number of rotatable bonds is 8. The largest absolute Gasteiger partial charge is 0.493 e. The molecule has 2 rings (SSSR count). The molecule has 7 nitrogen and oxygen atoms in total. The van der Waals surface area contributed by atoms with E-state index < -0.39 is 11.8 Å². The molecule has 142 valence electrons. The normalized spacial score (nSPS) is 10.3. The summed E-state index contributed by atoms with van der Waals surface area (Å²) in [5, 5.41) is 11.9. The fourth-order valence-electron chi connectivity index (χ4n) is 2.88. The lowest BCUT2D eigenvalue weighted by Crippen LogP contribution is -2.21. The van der Waals surface area contributed by atoms with E-state index in [2.05, 4.69) is 5.32 Å². The smallest absolute Gasteiger partial charge is 0.267 e. The zero-order chi connectivity index (χ0) is 20.0. The lowest BCUT2D eigenvalue weighted by atomic mass is 10.1. The number of nitrogens with two attached hydrogens (primary N) is 1. The highest BCUT2D eigenvalue weighted by Gasteiger charge is 2.22. The fourth-order valence-corrected chi connectivity index (χ4v) is 2.88. The van der Waals surface area contributed by atoms with Crippen LogP contribution in [0.25, 0.3) is 0 Å². The molecule has 1 aromatic heterocycles. The summed E-state index contributed by atoms with van der Waals surface area (Å²) in [5.41, 5.74) is 7.56. The van der Waals surface area contributed by atoms with E-state index in [9.17, 15) is 9.59 Å². The second kappa shape index (κ2) is 8.90. The first-order chi connectivity index (χ1) is 12.9. The van der Waals surface area contributed by atoms with Gasteiger partial charge in [-0.2, -0.15) is 5.26 Å². The van der Waals surface area contributed by atoms with Crippen LogP contribution in [0.3, 0.4) is 0 Å². The van der Waals surface area contributed by atoms with Crippen molar-refractivity contribution in [3.05, 3.63) is 46.8 Å². The first-order valence-corrected chi connectivity index (χ1v) is 8.89. The molecule has 0 saturated heterocycles. The van der Waals surface area contributed by atoms with E-state index >= 15 is 0 Å². The number of anilines is 1. The molecule has 2 aromatic rings. The number of benzene rings is 1. The average Bonchev–Trinajstić information content (AvgIpc) is 2.95. The minimum atomic E-state index is -0.622. The Morgan fingerprint density at radius 1 is 1.30 bits per heavy atom. The summed E-state index contributed by atoms with van der Waals surface area (Å²) in [5.74, 6) is -0.686. The van der Waals surface area contributed by atoms with Gasteiger partial charge in [0.15, 0.2) is 0 Å². The summed E-state index contributed by atoms with van der Waals surface area (Å²) in [6.45, 7) is 4.42. The molecule has 27 heavy (non-hydrogen) atoms. The van der Waals surface area contributed by atoms with E-state index in [1.807, 2.05) is 19.9 Å². The van der Waals surface area contributed by atoms with Gasteiger partial charge in [0.2, 0.25) is 0 Å². The quantitative estimate of drug-likeness (QED) is 0.746. The zero-order valence-corrected chi connectivity index (χ0v) is 15.8. The van der Waals surface area contributed by atoms with E-state index in [0.717, 1.165) is 18.4 Å². The number of nitriles is 1. The number of carbonyl (C=O) groups excluding carboxylic acids is 2. The van der Waals surface area contributed by atoms with Crippen LogP contribution in [0.4, 0.5) is 5.69 Å². The van der Waals surface area contributed by atoms with Crippen molar-refractivity contribution in [1.29, 1.82) is 5.26 Å². The summed E-state index contributed by atoms with van der Waals surface area (Å²) in [6.07, 6.45) is 4.11. The average molecular weight is 368 g/mol. The molecule has 0 bridgehead atoms. The topological polar surface area (TPSA) is 110 Å². The van der Waals surface area contributed by atoms with Gasteiger partial charge in [0.1, 0.15) is 11.4 Å². The van der Waals surface area contributed by atoms with Crippen molar-refractivity contribution in [2.45, 2.75) is 33.1 Å². The van der Waals surface area contributed by atoms with Gasteiger partial charge < -0.3 is 20.4 Å². The van der Waals surface area contributed by atoms with Crippen molar-refractivity contribution in [3.63, 3.8) is 0 Å². The monoisotopic (exact) mass is 368 g/mol. The second-order valence-electron chi connectivity index (χ2n) is 6.23. The van der Waals surface area contributed by atoms with E-state index in [4.69, 9.17) is 15.7 Å². The number of hydrogen-bond donors (Lipinski definition) is 2. The molecule has 0 aliphatic rings. The van der Waals surface area contributed by atoms with E-state index in [-0.39, 0.29) is 11.3 Å². The number of hydrogen-bond acceptors (Lipinski definition) is 4. The van der Waals surface area contributed by atoms with Crippen LogP contribution < -0.4 is 15.8 Å². The maximum Gasteiger partial charge on any atom is 0.267 e. The van der Waals surface area contributed by atoms with Crippen LogP contribution in [0.1, 0.15) is 58.7 Å². The molecule has 1 heterocycles. The third-order valence-electron chi connectivity index (χ3n) is 4.07. The number of primary amides is 1. The van der Waals surface area contributed by atoms with Crippen molar-refractivity contribution in [2.75, 3.05) is 11.9 Å². The number of aromatic nitrogens is 1. The van der Waals surface area contributed by atoms with Gasteiger partial charge in [0.05, 0.1) is 29.5 Å². The number of ether oxygens (including phenoxy) is 1. The summed E-state index contributed by atoms with van der Waals surface area (Å²) in [6, 6.07) is 6.71. The molecule has 1 aromatic carbocycles. The van der Waals surface area contributed by atoms with Gasteiger partial charge >= 0.3 is 0 Å². The number of nitrogens with one attached hydrogen (secondary N) is 1. The van der Waals surface area contributed by atoms with Crippen molar-refractivity contribution in [2.24, 2.45) is 12.8 Å². The van der Waals surface area contributed by atoms with Crippen LogP contribution in [0.2, 0.25) is 0 Å². The van der Waals surface area contributed by atoms with Crippen molar-refractivity contribution in [1.82, 2.24) is 4.57 Å². The molecule has 0 aliphatic heterocycles. The van der Waals surface area contributed by atoms with Crippen LogP contribution in [0.15, 0.2) is 24.4 Å². The maximum absolute atomic E-state index is 12.9. The van der Waals surface area contributed by atoms with E-state index in [1.165, 1.54) is 6.07 Å². The predicted molar refractivity (Wildman–Crippen MR) is 103 cm³/mol. The molecule has 0 aliphatic carbocycles. The number of amides is 2. The van der Waals surface area contributed by atoms with Gasteiger partial charge in [-0.15, -0.1) is 0 Å². The highest BCUT2D eigenvalue weighted by Crippen LogP contribution is 2.27. The molecule has 0 unspecified atom stereocenters. The summed E-state index contributed by atoms with van der Waals surface area (Å²) in [4.78, 5) is 24.8. The zero-order valence-electron chi connectivity index (χ0n) is 15.8. The first-order valence-electron chi connectivity index (χ1n) is 8.89. The first kappa shape index (κ1) is 20.0. The standard InChI is InChI=1S/C20H24N4O3/c1-4-6-14-12-24(3)18(19(22)25)17(14)23-20(26)15-10-13(11-21)7-8-16(15)27-9-5-2/h7-8,10,12H,4-6,9H2,1-3H3,(H2,22,25)(H,23,26). The summed E-state index contributed by atoms with van der Waals surface area (Å²) >= 11 is 0. The SMILES string of the molecule is CCCOc1ccc(C#N)cc1C(=O)Nc1c(CCC)cn(C)c1C(N)=O. The van der Waals surface area contributed by atoms with Gasteiger partial charge in [-0.3, -0.25) is 9.59 Å². The minimum Gasteiger partial charge on any atom is -0.493 e. The second-order valence-corrected chi connectivity index (χ2v) is 6.23. The fraction of sp³-hybridized carbons (Fsp3) is 0.350. The van der Waals surface area contributed by atoms with Crippen molar-refractivity contribution < 1.29 is 14.3 Å². The van der Waals surface area contributed by atoms with Gasteiger partial charge in [0.25, 0.3) is 11.8 Å². The van der Waals surface area contributed by atoms with Gasteiger partial charge in [0, 0.05) is 13.2 Å². The Bertz CT molecular complexity index is 893. The molecule has 2 amide bonds. The van der Waals surface area contributed by atoms with Gasteiger partial charge in [-0.25, -0.2) is 0 Å². The highest BCUT2D eigenvalue weighted by atomic mass is 16.5. The van der Waals surface area contributed by atoms with Crippen molar-refractivity contribution >= 4 is 17.5 Å². The molecule has 0 spiro atoms. The molecule has 3 N–H and O–H groups in total. The van der Waals surface area contributed by atoms with Crippen LogP contribution in [0, 0.1) is 11.3 Å². The van der Waals surface area contributed by atoms with Gasteiger partial charge in [-0.05, 0) is 36.6 Å². The Hall–Kier alpha value is -3.27. The number of aryl methyl sites for hydroxylation is 2. The molecule has 0 atom stereocenters. The van der Waals surface area contributed by atoms with Crippen LogP contribution in [0.5, 0.6) is 5.75 Å². The Balaban J connectivity index is 2.45. The minimum absolute atomic E-state index is 0.235. The molecule has 7 heteroatoms. The Kier molecular flexibility index (Phi) is 6.61.